The highest BCUT2D eigenvalue weighted by Gasteiger charge is 2.57. The van der Waals surface area contributed by atoms with E-state index in [1.165, 1.54) is 12.1 Å². The third-order valence-corrected chi connectivity index (χ3v) is 5.00. The minimum Gasteiger partial charge on any atom is -0.355 e. The highest BCUT2D eigenvalue weighted by molar-refractivity contribution is 6.07. The molecule has 1 saturated carbocycles. The van der Waals surface area contributed by atoms with Crippen LogP contribution in [0.2, 0.25) is 0 Å². The van der Waals surface area contributed by atoms with Crippen LogP contribution in [-0.4, -0.2) is 61.4 Å². The van der Waals surface area contributed by atoms with Crippen molar-refractivity contribution in [2.45, 2.75) is 19.3 Å². The minimum absolute atomic E-state index is 0.0186. The van der Waals surface area contributed by atoms with Crippen LogP contribution in [0, 0.1) is 11.2 Å². The first kappa shape index (κ1) is 16.9. The summed E-state index contributed by atoms with van der Waals surface area (Å²) in [4.78, 5) is 29.2. The standard InChI is InChI=1S/C18H24FN3O2/c1-21-10-12-22(13-11-21)17(24)18(7-8-18)16(23)20-9-6-14-2-4-15(19)5-3-14/h2-5H,6-13H2,1H3,(H,20,23). The molecule has 0 atom stereocenters. The number of amides is 2. The molecule has 1 aromatic rings. The lowest BCUT2D eigenvalue weighted by atomic mass is 10.0. The lowest BCUT2D eigenvalue weighted by Crippen LogP contribution is -2.52. The maximum absolute atomic E-state index is 12.9. The molecule has 1 heterocycles. The quantitative estimate of drug-likeness (QED) is 0.819. The van der Waals surface area contributed by atoms with E-state index in [1.54, 1.807) is 12.1 Å². The van der Waals surface area contributed by atoms with Crippen LogP contribution in [0.1, 0.15) is 18.4 Å². The van der Waals surface area contributed by atoms with E-state index < -0.39 is 5.41 Å². The van der Waals surface area contributed by atoms with Crippen molar-refractivity contribution in [3.05, 3.63) is 35.6 Å². The molecule has 130 valence electrons. The molecule has 2 amide bonds. The molecule has 5 nitrogen and oxygen atoms in total. The molecule has 6 heteroatoms. The number of hydrogen-bond donors (Lipinski definition) is 1. The first-order valence-corrected chi connectivity index (χ1v) is 8.52. The van der Waals surface area contributed by atoms with Crippen molar-refractivity contribution in [2.75, 3.05) is 39.8 Å². The Morgan fingerprint density at radius 2 is 1.75 bits per heavy atom. The van der Waals surface area contributed by atoms with Gasteiger partial charge in [0.1, 0.15) is 11.2 Å². The van der Waals surface area contributed by atoms with Gasteiger partial charge in [-0.3, -0.25) is 9.59 Å². The summed E-state index contributed by atoms with van der Waals surface area (Å²) in [6, 6.07) is 6.25. The highest BCUT2D eigenvalue weighted by Crippen LogP contribution is 2.47. The Balaban J connectivity index is 1.50. The van der Waals surface area contributed by atoms with Crippen LogP contribution in [0.3, 0.4) is 0 Å². The third-order valence-electron chi connectivity index (χ3n) is 5.00. The Hall–Kier alpha value is -1.95. The number of nitrogens with one attached hydrogen (secondary N) is 1. The molecule has 1 aromatic carbocycles. The van der Waals surface area contributed by atoms with Gasteiger partial charge in [-0.25, -0.2) is 4.39 Å². The van der Waals surface area contributed by atoms with Gasteiger partial charge < -0.3 is 15.1 Å². The van der Waals surface area contributed by atoms with Crippen LogP contribution < -0.4 is 5.32 Å². The van der Waals surface area contributed by atoms with Crippen LogP contribution in [-0.2, 0) is 16.0 Å². The van der Waals surface area contributed by atoms with E-state index in [-0.39, 0.29) is 17.6 Å². The van der Waals surface area contributed by atoms with Crippen molar-refractivity contribution >= 4 is 11.8 Å². The van der Waals surface area contributed by atoms with Gasteiger partial charge in [-0.05, 0) is 44.0 Å². The molecule has 1 saturated heterocycles. The molecular weight excluding hydrogens is 309 g/mol. The number of carbonyl (C=O) groups is 2. The van der Waals surface area contributed by atoms with Crippen LogP contribution in [0.25, 0.3) is 0 Å². The topological polar surface area (TPSA) is 52.7 Å². The molecule has 3 rings (SSSR count). The summed E-state index contributed by atoms with van der Waals surface area (Å²) >= 11 is 0. The molecule has 2 aliphatic rings. The normalized spacial score (nSPS) is 19.8. The summed E-state index contributed by atoms with van der Waals surface area (Å²) in [5.41, 5.74) is 0.130. The lowest BCUT2D eigenvalue weighted by molar-refractivity contribution is -0.145. The lowest BCUT2D eigenvalue weighted by Gasteiger charge is -2.34. The van der Waals surface area contributed by atoms with Gasteiger partial charge in [0.05, 0.1) is 0 Å². The fourth-order valence-electron chi connectivity index (χ4n) is 3.12. The molecule has 1 aliphatic heterocycles. The number of piperazine rings is 1. The van der Waals surface area contributed by atoms with Crippen molar-refractivity contribution in [1.82, 2.24) is 15.1 Å². The third kappa shape index (κ3) is 3.59. The zero-order chi connectivity index (χ0) is 17.2. The first-order valence-electron chi connectivity index (χ1n) is 8.52. The molecular formula is C18H24FN3O2. The summed E-state index contributed by atoms with van der Waals surface area (Å²) in [6.07, 6.45) is 1.91. The highest BCUT2D eigenvalue weighted by atomic mass is 19.1. The summed E-state index contributed by atoms with van der Waals surface area (Å²) in [5, 5.41) is 2.89. The van der Waals surface area contributed by atoms with Gasteiger partial charge in [-0.15, -0.1) is 0 Å². The average Bonchev–Trinajstić information content (AvgIpc) is 3.38. The number of benzene rings is 1. The van der Waals surface area contributed by atoms with Gasteiger partial charge in [-0.1, -0.05) is 12.1 Å². The molecule has 0 aromatic heterocycles. The number of hydrogen-bond acceptors (Lipinski definition) is 3. The van der Waals surface area contributed by atoms with Crippen LogP contribution in [0.4, 0.5) is 4.39 Å². The second-order valence-corrected chi connectivity index (χ2v) is 6.81. The van der Waals surface area contributed by atoms with E-state index in [9.17, 15) is 14.0 Å². The monoisotopic (exact) mass is 333 g/mol. The smallest absolute Gasteiger partial charge is 0.238 e. The Morgan fingerprint density at radius 3 is 2.33 bits per heavy atom. The molecule has 1 N–H and O–H groups in total. The summed E-state index contributed by atoms with van der Waals surface area (Å²) < 4.78 is 12.9. The molecule has 1 aliphatic carbocycles. The van der Waals surface area contributed by atoms with E-state index in [2.05, 4.69) is 10.2 Å². The number of rotatable bonds is 5. The molecule has 0 unspecified atom stereocenters. The summed E-state index contributed by atoms with van der Waals surface area (Å²) in [5.74, 6) is -0.444. The predicted molar refractivity (Wildman–Crippen MR) is 88.9 cm³/mol. The summed E-state index contributed by atoms with van der Waals surface area (Å²) in [7, 11) is 2.04. The van der Waals surface area contributed by atoms with E-state index in [0.717, 1.165) is 18.7 Å². The van der Waals surface area contributed by atoms with Crippen molar-refractivity contribution in [2.24, 2.45) is 5.41 Å². The van der Waals surface area contributed by atoms with E-state index in [4.69, 9.17) is 0 Å². The SMILES string of the molecule is CN1CCN(C(=O)C2(C(=O)NCCc3ccc(F)cc3)CC2)CC1. The Morgan fingerprint density at radius 1 is 1.12 bits per heavy atom. The van der Waals surface area contributed by atoms with E-state index in [1.807, 2.05) is 11.9 Å². The Labute approximate surface area is 141 Å². The molecule has 0 radical (unpaired) electrons. The van der Waals surface area contributed by atoms with Gasteiger partial charge in [0.2, 0.25) is 11.8 Å². The number of nitrogens with zero attached hydrogens (tertiary/aromatic N) is 2. The first-order chi connectivity index (χ1) is 11.5. The van der Waals surface area contributed by atoms with Crippen LogP contribution in [0.15, 0.2) is 24.3 Å². The van der Waals surface area contributed by atoms with Gasteiger partial charge in [0.25, 0.3) is 0 Å². The Bertz CT molecular complexity index is 605. The zero-order valence-electron chi connectivity index (χ0n) is 14.1. The maximum atomic E-state index is 12.9. The fraction of sp³-hybridized carbons (Fsp3) is 0.556. The fourth-order valence-corrected chi connectivity index (χ4v) is 3.12. The van der Waals surface area contributed by atoms with Crippen LogP contribution >= 0.6 is 0 Å². The minimum atomic E-state index is -0.835. The van der Waals surface area contributed by atoms with Crippen molar-refractivity contribution in [3.8, 4) is 0 Å². The van der Waals surface area contributed by atoms with E-state index >= 15 is 0 Å². The zero-order valence-corrected chi connectivity index (χ0v) is 14.1. The van der Waals surface area contributed by atoms with Gasteiger partial charge in [0.15, 0.2) is 0 Å². The summed E-state index contributed by atoms with van der Waals surface area (Å²) in [6.45, 7) is 3.56. The van der Waals surface area contributed by atoms with Gasteiger partial charge in [-0.2, -0.15) is 0 Å². The largest absolute Gasteiger partial charge is 0.355 e. The van der Waals surface area contributed by atoms with Crippen LogP contribution in [0.5, 0.6) is 0 Å². The number of carbonyl (C=O) groups excluding carboxylic acids is 2. The van der Waals surface area contributed by atoms with Gasteiger partial charge >= 0.3 is 0 Å². The van der Waals surface area contributed by atoms with Gasteiger partial charge in [0, 0.05) is 32.7 Å². The number of halogens is 1. The van der Waals surface area contributed by atoms with Crippen molar-refractivity contribution < 1.29 is 14.0 Å². The second kappa shape index (κ2) is 6.89. The number of likely N-dealkylation sites (N-methyl/N-ethyl adjacent to an activating group) is 1. The molecule has 0 bridgehead atoms. The molecule has 24 heavy (non-hydrogen) atoms. The molecule has 0 spiro atoms. The second-order valence-electron chi connectivity index (χ2n) is 6.81. The maximum Gasteiger partial charge on any atom is 0.238 e. The van der Waals surface area contributed by atoms with Crippen molar-refractivity contribution in [1.29, 1.82) is 0 Å². The Kier molecular flexibility index (Phi) is 4.85. The van der Waals surface area contributed by atoms with E-state index in [0.29, 0.717) is 38.9 Å². The van der Waals surface area contributed by atoms with Crippen molar-refractivity contribution in [3.63, 3.8) is 0 Å². The predicted octanol–water partition coefficient (Wildman–Crippen LogP) is 1.04. The average molecular weight is 333 g/mol. The molecule has 2 fully saturated rings.